The minimum Gasteiger partial charge on any atom is -0.320 e. The van der Waals surface area contributed by atoms with Gasteiger partial charge in [0.1, 0.15) is 5.82 Å². The number of halogens is 2. The van der Waals surface area contributed by atoms with Crippen LogP contribution in [0.2, 0.25) is 5.02 Å². The minimum atomic E-state index is -0.231. The average Bonchev–Trinajstić information content (AvgIpc) is 2.50. The molecule has 0 aromatic heterocycles. The summed E-state index contributed by atoms with van der Waals surface area (Å²) in [7, 11) is 0. The Labute approximate surface area is 133 Å². The summed E-state index contributed by atoms with van der Waals surface area (Å²) < 4.78 is 13.2. The summed E-state index contributed by atoms with van der Waals surface area (Å²) in [6, 6.07) is 9.98. The van der Waals surface area contributed by atoms with Gasteiger partial charge >= 0.3 is 6.03 Å². The van der Waals surface area contributed by atoms with Crippen molar-refractivity contribution in [3.63, 3.8) is 0 Å². The van der Waals surface area contributed by atoms with E-state index in [2.05, 4.69) is 5.32 Å². The zero-order valence-corrected chi connectivity index (χ0v) is 13.0. The van der Waals surface area contributed by atoms with Gasteiger partial charge in [-0.25, -0.2) is 9.18 Å². The number of carbonyl (C=O) groups is 1. The molecule has 1 aliphatic heterocycles. The SMILES string of the molecule is Cc1ccc(NC(=O)N2CCc3cc(F)ccc3C2)cc1Cl. The molecule has 0 spiro atoms. The van der Waals surface area contributed by atoms with Crippen molar-refractivity contribution in [2.24, 2.45) is 0 Å². The molecule has 0 atom stereocenters. The van der Waals surface area contributed by atoms with Gasteiger partial charge in [-0.3, -0.25) is 0 Å². The number of hydrogen-bond acceptors (Lipinski definition) is 1. The molecule has 1 aliphatic rings. The maximum absolute atomic E-state index is 13.2. The Morgan fingerprint density at radius 2 is 2.05 bits per heavy atom. The summed E-state index contributed by atoms with van der Waals surface area (Å²) in [5.41, 5.74) is 3.60. The van der Waals surface area contributed by atoms with Crippen molar-refractivity contribution in [1.29, 1.82) is 0 Å². The molecule has 2 aromatic rings. The third kappa shape index (κ3) is 3.07. The fraction of sp³-hybridized carbons (Fsp3) is 0.235. The van der Waals surface area contributed by atoms with Gasteiger partial charge < -0.3 is 10.2 Å². The number of benzene rings is 2. The van der Waals surface area contributed by atoms with Crippen molar-refractivity contribution in [3.8, 4) is 0 Å². The second-order valence-electron chi connectivity index (χ2n) is 5.48. The molecule has 0 saturated heterocycles. The standard InChI is InChI=1S/C17H16ClFN2O/c1-11-2-5-15(9-16(11)18)20-17(22)21-7-6-12-8-14(19)4-3-13(12)10-21/h2-5,8-9H,6-7,10H2,1H3,(H,20,22). The Bertz CT molecular complexity index is 733. The second-order valence-corrected chi connectivity index (χ2v) is 5.89. The fourth-order valence-electron chi connectivity index (χ4n) is 2.57. The van der Waals surface area contributed by atoms with E-state index in [0.29, 0.717) is 30.2 Å². The predicted octanol–water partition coefficient (Wildman–Crippen LogP) is 4.38. The molecule has 3 nitrogen and oxygen atoms in total. The van der Waals surface area contributed by atoms with Crippen molar-refractivity contribution in [2.75, 3.05) is 11.9 Å². The molecule has 0 aliphatic carbocycles. The third-order valence-electron chi connectivity index (χ3n) is 3.89. The van der Waals surface area contributed by atoms with Crippen LogP contribution in [0.3, 0.4) is 0 Å². The number of nitrogens with one attached hydrogen (secondary N) is 1. The summed E-state index contributed by atoms with van der Waals surface area (Å²) >= 11 is 6.06. The van der Waals surface area contributed by atoms with Crippen LogP contribution in [0.5, 0.6) is 0 Å². The van der Waals surface area contributed by atoms with Crippen LogP contribution in [0, 0.1) is 12.7 Å². The molecule has 0 fully saturated rings. The Hall–Kier alpha value is -2.07. The number of anilines is 1. The van der Waals surface area contributed by atoms with Crippen LogP contribution in [0.1, 0.15) is 16.7 Å². The van der Waals surface area contributed by atoms with Gasteiger partial charge in [0.25, 0.3) is 0 Å². The van der Waals surface area contributed by atoms with Crippen LogP contribution in [0.15, 0.2) is 36.4 Å². The van der Waals surface area contributed by atoms with Crippen LogP contribution in [-0.2, 0) is 13.0 Å². The lowest BCUT2D eigenvalue weighted by molar-refractivity contribution is 0.206. The van der Waals surface area contributed by atoms with Crippen LogP contribution in [-0.4, -0.2) is 17.5 Å². The van der Waals surface area contributed by atoms with Crippen LogP contribution >= 0.6 is 11.6 Å². The first-order valence-electron chi connectivity index (χ1n) is 7.12. The Morgan fingerprint density at radius 1 is 1.23 bits per heavy atom. The molecular weight excluding hydrogens is 303 g/mol. The molecule has 1 heterocycles. The smallest absolute Gasteiger partial charge is 0.320 e. The van der Waals surface area contributed by atoms with Crippen molar-refractivity contribution in [2.45, 2.75) is 19.9 Å². The Kier molecular flexibility index (Phi) is 4.03. The second kappa shape index (κ2) is 5.97. The highest BCUT2D eigenvalue weighted by Gasteiger charge is 2.21. The lowest BCUT2D eigenvalue weighted by Gasteiger charge is -2.29. The number of fused-ring (bicyclic) bond motifs is 1. The zero-order chi connectivity index (χ0) is 15.7. The van der Waals surface area contributed by atoms with E-state index in [-0.39, 0.29) is 11.8 Å². The quantitative estimate of drug-likeness (QED) is 0.831. The molecule has 2 amide bonds. The monoisotopic (exact) mass is 318 g/mol. The fourth-order valence-corrected chi connectivity index (χ4v) is 2.75. The number of aryl methyl sites for hydroxylation is 1. The molecule has 0 radical (unpaired) electrons. The number of carbonyl (C=O) groups excluding carboxylic acids is 1. The molecule has 0 bridgehead atoms. The van der Waals surface area contributed by atoms with Crippen LogP contribution in [0.4, 0.5) is 14.9 Å². The highest BCUT2D eigenvalue weighted by Crippen LogP contribution is 2.23. The van der Waals surface area contributed by atoms with E-state index in [4.69, 9.17) is 11.6 Å². The summed E-state index contributed by atoms with van der Waals surface area (Å²) in [4.78, 5) is 14.1. The van der Waals surface area contributed by atoms with E-state index in [0.717, 1.165) is 16.7 Å². The van der Waals surface area contributed by atoms with E-state index < -0.39 is 0 Å². The minimum absolute atomic E-state index is 0.171. The molecule has 5 heteroatoms. The van der Waals surface area contributed by atoms with Crippen LogP contribution < -0.4 is 5.32 Å². The van der Waals surface area contributed by atoms with Gasteiger partial charge in [0.2, 0.25) is 0 Å². The van der Waals surface area contributed by atoms with Crippen molar-refractivity contribution < 1.29 is 9.18 Å². The first-order chi connectivity index (χ1) is 10.5. The lowest BCUT2D eigenvalue weighted by atomic mass is 10.00. The Balaban J connectivity index is 1.71. The van der Waals surface area contributed by atoms with Gasteiger partial charge in [-0.1, -0.05) is 23.7 Å². The third-order valence-corrected chi connectivity index (χ3v) is 4.30. The van der Waals surface area contributed by atoms with Gasteiger partial charge in [0, 0.05) is 23.8 Å². The Morgan fingerprint density at radius 3 is 2.82 bits per heavy atom. The largest absolute Gasteiger partial charge is 0.322 e. The number of amides is 2. The molecule has 3 rings (SSSR count). The van der Waals surface area contributed by atoms with E-state index >= 15 is 0 Å². The summed E-state index contributed by atoms with van der Waals surface area (Å²) in [5, 5.41) is 3.47. The van der Waals surface area contributed by atoms with Gasteiger partial charge in [-0.2, -0.15) is 0 Å². The van der Waals surface area contributed by atoms with Gasteiger partial charge in [-0.15, -0.1) is 0 Å². The molecular formula is C17H16ClFN2O. The molecule has 1 N–H and O–H groups in total. The zero-order valence-electron chi connectivity index (χ0n) is 12.2. The van der Waals surface area contributed by atoms with Gasteiger partial charge in [-0.05, 0) is 54.3 Å². The lowest BCUT2D eigenvalue weighted by Crippen LogP contribution is -2.38. The molecule has 2 aromatic carbocycles. The first-order valence-corrected chi connectivity index (χ1v) is 7.50. The van der Waals surface area contributed by atoms with Crippen molar-refractivity contribution in [1.82, 2.24) is 4.90 Å². The van der Waals surface area contributed by atoms with E-state index in [9.17, 15) is 9.18 Å². The predicted molar refractivity (Wildman–Crippen MR) is 85.7 cm³/mol. The first kappa shape index (κ1) is 14.9. The highest BCUT2D eigenvalue weighted by atomic mass is 35.5. The normalized spacial score (nSPS) is 13.7. The summed E-state index contributed by atoms with van der Waals surface area (Å²) in [6.07, 6.45) is 0.662. The van der Waals surface area contributed by atoms with E-state index in [1.54, 1.807) is 23.1 Å². The average molecular weight is 319 g/mol. The van der Waals surface area contributed by atoms with Gasteiger partial charge in [0.05, 0.1) is 0 Å². The van der Waals surface area contributed by atoms with E-state index in [1.165, 1.54) is 6.07 Å². The highest BCUT2D eigenvalue weighted by molar-refractivity contribution is 6.31. The van der Waals surface area contributed by atoms with Crippen LogP contribution in [0.25, 0.3) is 0 Å². The molecule has 114 valence electrons. The maximum atomic E-state index is 13.2. The topological polar surface area (TPSA) is 32.3 Å². The van der Waals surface area contributed by atoms with Gasteiger partial charge in [0.15, 0.2) is 0 Å². The number of urea groups is 1. The summed E-state index contributed by atoms with van der Waals surface area (Å²) in [5.74, 6) is -0.231. The summed E-state index contributed by atoms with van der Waals surface area (Å²) in [6.45, 7) is 2.97. The van der Waals surface area contributed by atoms with Crippen molar-refractivity contribution >= 4 is 23.3 Å². The number of hydrogen-bond donors (Lipinski definition) is 1. The van der Waals surface area contributed by atoms with E-state index in [1.807, 2.05) is 19.1 Å². The number of nitrogens with zero attached hydrogens (tertiary/aromatic N) is 1. The molecule has 0 unspecified atom stereocenters. The number of rotatable bonds is 1. The molecule has 0 saturated carbocycles. The maximum Gasteiger partial charge on any atom is 0.322 e. The molecule has 22 heavy (non-hydrogen) atoms. The van der Waals surface area contributed by atoms with Crippen molar-refractivity contribution in [3.05, 3.63) is 63.9 Å².